The van der Waals surface area contributed by atoms with Gasteiger partial charge >= 0.3 is 0 Å². The van der Waals surface area contributed by atoms with Crippen molar-refractivity contribution in [2.45, 2.75) is 20.8 Å². The van der Waals surface area contributed by atoms with E-state index in [0.717, 1.165) is 20.8 Å². The molecule has 0 aromatic carbocycles. The van der Waals surface area contributed by atoms with Gasteiger partial charge in [0.15, 0.2) is 0 Å². The molecule has 3 N–H and O–H groups in total. The molecule has 0 amide bonds. The maximum absolute atomic E-state index is 9.00. The van der Waals surface area contributed by atoms with Crippen LogP contribution in [-0.2, 0) is 40.9 Å². The maximum atomic E-state index is 9.00. The Labute approximate surface area is 102 Å². The Hall–Kier alpha value is -1.21. The predicted octanol–water partition coefficient (Wildman–Crippen LogP) is -0.00390. The number of carboxylic acids is 3. The van der Waals surface area contributed by atoms with E-state index in [2.05, 4.69) is 6.79 Å². The Bertz CT molecular complexity index is 128. The average Bonchev–Trinajstić information content (AvgIpc) is 1.86. The van der Waals surface area contributed by atoms with Gasteiger partial charge in [-0.15, -0.1) is 0 Å². The second kappa shape index (κ2) is 29.3. The van der Waals surface area contributed by atoms with Crippen molar-refractivity contribution in [3.63, 3.8) is 0 Å². The zero-order valence-electron chi connectivity index (χ0n) is 8.55. The van der Waals surface area contributed by atoms with Gasteiger partial charge < -0.3 is 20.1 Å². The van der Waals surface area contributed by atoms with Crippen LogP contribution in [0.15, 0.2) is 0 Å². The fraction of sp³-hybridized carbons (Fsp3) is 0.429. The summed E-state index contributed by atoms with van der Waals surface area (Å²) < 4.78 is 0. The van der Waals surface area contributed by atoms with E-state index >= 15 is 0 Å². The van der Waals surface area contributed by atoms with Gasteiger partial charge in [-0.2, -0.15) is 0 Å². The zero-order valence-corrected chi connectivity index (χ0v) is 10.1. The molecule has 15 heavy (non-hydrogen) atoms. The Kier molecular flexibility index (Phi) is 57.0. The van der Waals surface area contributed by atoms with Crippen molar-refractivity contribution in [3.8, 4) is 0 Å². The first-order chi connectivity index (χ1) is 6.20. The largest absolute Gasteiger partial charge is 0.545 e. The number of hydrogen-bond acceptors (Lipinski definition) is 4. The molecule has 0 heterocycles. The Morgan fingerprint density at radius 2 is 0.733 bits per heavy atom. The third-order valence-corrected chi connectivity index (χ3v) is 0. The van der Waals surface area contributed by atoms with Gasteiger partial charge in [0, 0.05) is 42.5 Å². The minimum atomic E-state index is -0.833. The summed E-state index contributed by atoms with van der Waals surface area (Å²) >= 11 is 0. The second-order valence-corrected chi connectivity index (χ2v) is 1.56. The summed E-state index contributed by atoms with van der Waals surface area (Å²) in [6.45, 7) is 6.50. The third-order valence-electron chi connectivity index (χ3n) is 0. The molecule has 0 aliphatic rings. The van der Waals surface area contributed by atoms with Gasteiger partial charge in [0.2, 0.25) is 0 Å². The van der Waals surface area contributed by atoms with Crippen LogP contribution in [0.5, 0.6) is 0 Å². The molecule has 0 saturated heterocycles. The summed E-state index contributed by atoms with van der Waals surface area (Å²) in [6.07, 6.45) is 0. The van der Waals surface area contributed by atoms with Gasteiger partial charge in [-0.05, 0) is 0 Å². The van der Waals surface area contributed by atoms with Crippen molar-refractivity contribution in [2.24, 2.45) is 0 Å². The van der Waals surface area contributed by atoms with Gasteiger partial charge in [-0.25, -0.2) is 0 Å². The fourth-order valence-corrected chi connectivity index (χ4v) is 0. The van der Waals surface area contributed by atoms with E-state index in [9.17, 15) is 0 Å². The SMILES string of the molecule is CC(=O)O.CC(=O)O.CC(=O)O.[CH-]=O.[Ti]. The van der Waals surface area contributed by atoms with Crippen molar-refractivity contribution in [1.29, 1.82) is 0 Å². The predicted molar refractivity (Wildman–Crippen MR) is 46.7 cm³/mol. The molecule has 0 unspecified atom stereocenters. The number of hydrogen-bond donors (Lipinski definition) is 3. The molecule has 0 rings (SSSR count). The molecular formula is C7H13O7Ti-. The smallest absolute Gasteiger partial charge is 0.300 e. The minimum absolute atomic E-state index is 0. The van der Waals surface area contributed by atoms with Gasteiger partial charge in [-0.3, -0.25) is 21.2 Å². The fourth-order valence-electron chi connectivity index (χ4n) is 0. The molecule has 0 atom stereocenters. The molecule has 0 aromatic heterocycles. The van der Waals surface area contributed by atoms with Crippen LogP contribution in [0, 0.1) is 0 Å². The summed E-state index contributed by atoms with van der Waals surface area (Å²) in [4.78, 5) is 34.8. The molecule has 8 heteroatoms. The summed E-state index contributed by atoms with van der Waals surface area (Å²) in [5, 5.41) is 22.2. The van der Waals surface area contributed by atoms with Crippen LogP contribution >= 0.6 is 0 Å². The van der Waals surface area contributed by atoms with Crippen molar-refractivity contribution >= 4 is 24.7 Å². The van der Waals surface area contributed by atoms with Crippen LogP contribution in [0.1, 0.15) is 20.8 Å². The Morgan fingerprint density at radius 3 is 0.733 bits per heavy atom. The normalized spacial score (nSPS) is 5.27. The number of rotatable bonds is 0. The van der Waals surface area contributed by atoms with Crippen LogP contribution in [0.25, 0.3) is 0 Å². The van der Waals surface area contributed by atoms with E-state index in [1.807, 2.05) is 0 Å². The Morgan fingerprint density at radius 1 is 0.733 bits per heavy atom. The topological polar surface area (TPSA) is 129 Å². The van der Waals surface area contributed by atoms with Crippen LogP contribution in [0.4, 0.5) is 0 Å². The second-order valence-electron chi connectivity index (χ2n) is 1.56. The van der Waals surface area contributed by atoms with Crippen LogP contribution in [0.2, 0.25) is 0 Å². The quantitative estimate of drug-likeness (QED) is 0.316. The van der Waals surface area contributed by atoms with Crippen LogP contribution in [-0.4, -0.2) is 40.0 Å². The molecule has 0 aromatic rings. The molecule has 0 bridgehead atoms. The molecule has 88 valence electrons. The average molecular weight is 257 g/mol. The summed E-state index contributed by atoms with van der Waals surface area (Å²) in [6, 6.07) is 0. The molecule has 0 spiro atoms. The van der Waals surface area contributed by atoms with Crippen molar-refractivity contribution in [3.05, 3.63) is 0 Å². The first-order valence-electron chi connectivity index (χ1n) is 3.02. The number of carboxylic acid groups (broad SMARTS) is 3. The Balaban J connectivity index is -0.0000000298. The summed E-state index contributed by atoms with van der Waals surface area (Å²) in [5.74, 6) is -2.50. The monoisotopic (exact) mass is 257 g/mol. The molecule has 0 aliphatic heterocycles. The molecule has 0 fully saturated rings. The van der Waals surface area contributed by atoms with Crippen molar-refractivity contribution < 1.29 is 56.2 Å². The van der Waals surface area contributed by atoms with Crippen LogP contribution < -0.4 is 0 Å². The van der Waals surface area contributed by atoms with Crippen LogP contribution in [0.3, 0.4) is 0 Å². The standard InChI is InChI=1S/3C2H4O2.CHO.Ti/c3*1-2(3)4;1-2;/h3*1H3,(H,3,4);1H;/q;;;-1;. The third kappa shape index (κ3) is 1030. The van der Waals surface area contributed by atoms with Gasteiger partial charge in [0.1, 0.15) is 0 Å². The molecule has 0 aliphatic carbocycles. The van der Waals surface area contributed by atoms with Gasteiger partial charge in [-0.1, -0.05) is 0 Å². The first kappa shape index (κ1) is 29.2. The molecular weight excluding hydrogens is 244 g/mol. The van der Waals surface area contributed by atoms with Gasteiger partial charge in [0.25, 0.3) is 17.9 Å². The summed E-state index contributed by atoms with van der Waals surface area (Å²) in [5.41, 5.74) is 0. The minimum Gasteiger partial charge on any atom is -0.545 e. The summed E-state index contributed by atoms with van der Waals surface area (Å²) in [7, 11) is 0. The first-order valence-corrected chi connectivity index (χ1v) is 3.02. The van der Waals surface area contributed by atoms with E-state index in [-0.39, 0.29) is 21.7 Å². The van der Waals surface area contributed by atoms with Crippen molar-refractivity contribution in [1.82, 2.24) is 0 Å². The van der Waals surface area contributed by atoms with Gasteiger partial charge in [0.05, 0.1) is 0 Å². The van der Waals surface area contributed by atoms with E-state index in [1.165, 1.54) is 0 Å². The van der Waals surface area contributed by atoms with E-state index in [1.54, 1.807) is 0 Å². The number of aliphatic carboxylic acids is 3. The zero-order chi connectivity index (χ0) is 12.7. The molecule has 0 radical (unpaired) electrons. The van der Waals surface area contributed by atoms with Crippen molar-refractivity contribution in [2.75, 3.05) is 0 Å². The van der Waals surface area contributed by atoms with E-state index < -0.39 is 17.9 Å². The van der Waals surface area contributed by atoms with E-state index in [4.69, 9.17) is 34.5 Å². The maximum Gasteiger partial charge on any atom is 0.300 e. The number of carbonyl (C=O) groups is 3. The molecule has 0 saturated carbocycles. The van der Waals surface area contributed by atoms with E-state index in [0.29, 0.717) is 0 Å². The number of carbonyl (C=O) groups excluding carboxylic acids is 1. The molecule has 7 nitrogen and oxygen atoms in total.